The Morgan fingerprint density at radius 3 is 1.10 bits per heavy atom. The number of fused-ring (bicyclic) bond motifs is 4. The van der Waals surface area contributed by atoms with Crippen molar-refractivity contribution in [3.05, 3.63) is 159 Å². The quantitative estimate of drug-likeness (QED) is 0.179. The molecular formula is C56H61N3. The van der Waals surface area contributed by atoms with Gasteiger partial charge < -0.3 is 9.80 Å². The van der Waals surface area contributed by atoms with Crippen molar-refractivity contribution in [3.8, 4) is 17.2 Å². The van der Waals surface area contributed by atoms with E-state index in [4.69, 9.17) is 0 Å². The maximum atomic E-state index is 10.2. The number of hydrogen-bond acceptors (Lipinski definition) is 3. The summed E-state index contributed by atoms with van der Waals surface area (Å²) in [6.07, 6.45) is 1.83. The Kier molecular flexibility index (Phi) is 9.55. The van der Waals surface area contributed by atoms with Gasteiger partial charge in [-0.2, -0.15) is 5.26 Å². The Hall–Kier alpha value is -5.59. The lowest BCUT2D eigenvalue weighted by Crippen LogP contribution is -2.27. The zero-order valence-corrected chi connectivity index (χ0v) is 38.7. The third-order valence-corrected chi connectivity index (χ3v) is 15.9. The summed E-state index contributed by atoms with van der Waals surface area (Å²) in [7, 11) is 0. The SMILES string of the molecule is Cc1c(C)c(C)c2c(c1C)Cc1c(C)c(C)c(C)c(C)c1N2c1ccc(-c2cccc(C#N)c2)c(N2c3c(C)c(C)c(C)c(C)c3Cc3c(C)c(C)c(C)c(C)c32)c1C. The molecule has 0 amide bonds. The Morgan fingerprint density at radius 1 is 0.373 bits per heavy atom. The zero-order chi connectivity index (χ0) is 42.8. The summed E-state index contributed by atoms with van der Waals surface area (Å²) in [6, 6.07) is 15.4. The van der Waals surface area contributed by atoms with Crippen LogP contribution in [0.1, 0.15) is 122 Å². The van der Waals surface area contributed by atoms with E-state index in [9.17, 15) is 5.26 Å². The molecule has 0 fully saturated rings. The molecule has 6 aromatic rings. The van der Waals surface area contributed by atoms with E-state index in [1.54, 1.807) is 0 Å². The van der Waals surface area contributed by atoms with Crippen LogP contribution in [-0.4, -0.2) is 0 Å². The Labute approximate surface area is 354 Å². The smallest absolute Gasteiger partial charge is 0.0991 e. The van der Waals surface area contributed by atoms with E-state index in [-0.39, 0.29) is 0 Å². The predicted octanol–water partition coefficient (Wildman–Crippen LogP) is 15.2. The second-order valence-electron chi connectivity index (χ2n) is 18.1. The van der Waals surface area contributed by atoms with E-state index >= 15 is 0 Å². The average Bonchev–Trinajstić information content (AvgIpc) is 3.24. The van der Waals surface area contributed by atoms with Crippen molar-refractivity contribution >= 4 is 34.1 Å². The van der Waals surface area contributed by atoms with Crippen LogP contribution >= 0.6 is 0 Å². The van der Waals surface area contributed by atoms with Crippen LogP contribution in [-0.2, 0) is 12.8 Å². The van der Waals surface area contributed by atoms with Crippen LogP contribution in [0, 0.1) is 129 Å². The number of anilines is 6. The topological polar surface area (TPSA) is 30.3 Å². The van der Waals surface area contributed by atoms with Gasteiger partial charge in [-0.1, -0.05) is 18.2 Å². The van der Waals surface area contributed by atoms with Crippen LogP contribution in [0.5, 0.6) is 0 Å². The van der Waals surface area contributed by atoms with Crippen molar-refractivity contribution in [1.82, 2.24) is 0 Å². The Morgan fingerprint density at radius 2 is 0.729 bits per heavy atom. The zero-order valence-electron chi connectivity index (χ0n) is 38.7. The highest BCUT2D eigenvalue weighted by Crippen LogP contribution is 2.58. The van der Waals surface area contributed by atoms with Gasteiger partial charge in [0.2, 0.25) is 0 Å². The van der Waals surface area contributed by atoms with E-state index in [1.807, 2.05) is 12.1 Å². The molecule has 2 aliphatic heterocycles. The molecule has 59 heavy (non-hydrogen) atoms. The molecule has 0 saturated heterocycles. The summed E-state index contributed by atoms with van der Waals surface area (Å²) in [5.74, 6) is 0. The minimum absolute atomic E-state index is 0.666. The first-order valence-corrected chi connectivity index (χ1v) is 21.5. The number of nitrogens with zero attached hydrogens (tertiary/aromatic N) is 3. The molecule has 0 bridgehead atoms. The molecule has 0 spiro atoms. The molecule has 0 aliphatic carbocycles. The molecule has 2 heterocycles. The standard InChI is InChI=1S/C56H61N3/c1-27-31(5)39(13)52-47(35(27)9)24-48-36(10)28(2)32(6)40(14)53(48)58(52)51-22-21-46(45-20-18-19-44(23-45)26-57)56(43(51)17)59-54-41(15)33(7)29(3)37(11)49(54)25-50-38(12)30(4)34(8)42(16)55(50)59/h18-23H,24-25H2,1-17H3. The summed E-state index contributed by atoms with van der Waals surface area (Å²) in [5, 5.41) is 10.2. The van der Waals surface area contributed by atoms with Crippen LogP contribution < -0.4 is 9.80 Å². The second-order valence-corrected chi connectivity index (χ2v) is 18.1. The van der Waals surface area contributed by atoms with Crippen molar-refractivity contribution in [2.45, 2.75) is 131 Å². The summed E-state index contributed by atoms with van der Waals surface area (Å²) in [4.78, 5) is 5.34. The summed E-state index contributed by atoms with van der Waals surface area (Å²) >= 11 is 0. The van der Waals surface area contributed by atoms with Crippen molar-refractivity contribution in [3.63, 3.8) is 0 Å². The van der Waals surface area contributed by atoms with E-state index in [0.29, 0.717) is 5.56 Å². The molecular weight excluding hydrogens is 715 g/mol. The van der Waals surface area contributed by atoms with Gasteiger partial charge in [0.15, 0.2) is 0 Å². The normalized spacial score (nSPS) is 12.9. The van der Waals surface area contributed by atoms with Gasteiger partial charge in [-0.3, -0.25) is 0 Å². The van der Waals surface area contributed by atoms with E-state index in [0.717, 1.165) is 24.0 Å². The predicted molar refractivity (Wildman–Crippen MR) is 252 cm³/mol. The molecule has 0 saturated carbocycles. The summed E-state index contributed by atoms with van der Waals surface area (Å²) in [6.45, 7) is 39.5. The molecule has 6 aromatic carbocycles. The van der Waals surface area contributed by atoms with Crippen LogP contribution in [0.3, 0.4) is 0 Å². The number of hydrogen-bond donors (Lipinski definition) is 0. The molecule has 8 rings (SSSR count). The molecule has 0 atom stereocenters. The van der Waals surface area contributed by atoms with E-state index in [1.165, 1.54) is 151 Å². The lowest BCUT2D eigenvalue weighted by Gasteiger charge is -2.43. The number of nitriles is 1. The minimum Gasteiger partial charge on any atom is -0.309 e. The minimum atomic E-state index is 0.666. The fourth-order valence-corrected chi connectivity index (χ4v) is 10.8. The van der Waals surface area contributed by atoms with Gasteiger partial charge >= 0.3 is 0 Å². The highest BCUT2D eigenvalue weighted by atomic mass is 15.2. The highest BCUT2D eigenvalue weighted by Gasteiger charge is 2.38. The van der Waals surface area contributed by atoms with Gasteiger partial charge in [0.25, 0.3) is 0 Å². The van der Waals surface area contributed by atoms with Gasteiger partial charge in [0, 0.05) is 18.4 Å². The average molecular weight is 776 g/mol. The van der Waals surface area contributed by atoms with Gasteiger partial charge in [-0.25, -0.2) is 0 Å². The monoisotopic (exact) mass is 775 g/mol. The van der Waals surface area contributed by atoms with Crippen LogP contribution in [0.25, 0.3) is 11.1 Å². The third kappa shape index (κ3) is 5.51. The molecule has 3 nitrogen and oxygen atoms in total. The summed E-state index contributed by atoms with van der Waals surface area (Å²) < 4.78 is 0. The Balaban J connectivity index is 1.60. The largest absolute Gasteiger partial charge is 0.309 e. The maximum Gasteiger partial charge on any atom is 0.0991 e. The number of benzene rings is 6. The van der Waals surface area contributed by atoms with E-state index < -0.39 is 0 Å². The van der Waals surface area contributed by atoms with Gasteiger partial charge in [-0.05, 0) is 258 Å². The van der Waals surface area contributed by atoms with Crippen LogP contribution in [0.2, 0.25) is 0 Å². The van der Waals surface area contributed by atoms with Gasteiger partial charge in [-0.15, -0.1) is 0 Å². The lowest BCUT2D eigenvalue weighted by molar-refractivity contribution is 0.985. The highest BCUT2D eigenvalue weighted by molar-refractivity contribution is 6.01. The molecule has 0 N–H and O–H groups in total. The second kappa shape index (κ2) is 14.0. The van der Waals surface area contributed by atoms with Crippen LogP contribution in [0.4, 0.5) is 34.1 Å². The lowest BCUT2D eigenvalue weighted by atomic mass is 9.79. The fraction of sp³-hybridized carbons (Fsp3) is 0.339. The fourth-order valence-electron chi connectivity index (χ4n) is 10.8. The Bertz CT molecular complexity index is 2770. The van der Waals surface area contributed by atoms with Crippen molar-refractivity contribution in [1.29, 1.82) is 5.26 Å². The number of rotatable bonds is 3. The molecule has 0 radical (unpaired) electrons. The molecule has 300 valence electrons. The first kappa shape index (κ1) is 40.2. The van der Waals surface area contributed by atoms with Gasteiger partial charge in [0.1, 0.15) is 0 Å². The molecule has 3 heteroatoms. The molecule has 0 unspecified atom stereocenters. The maximum absolute atomic E-state index is 10.2. The van der Waals surface area contributed by atoms with Crippen molar-refractivity contribution < 1.29 is 0 Å². The molecule has 2 aliphatic rings. The molecule has 0 aromatic heterocycles. The van der Waals surface area contributed by atoms with Crippen molar-refractivity contribution in [2.24, 2.45) is 0 Å². The first-order valence-electron chi connectivity index (χ1n) is 21.5. The first-order chi connectivity index (χ1) is 27.8. The van der Waals surface area contributed by atoms with Gasteiger partial charge in [0.05, 0.1) is 45.8 Å². The third-order valence-electron chi connectivity index (χ3n) is 15.9. The van der Waals surface area contributed by atoms with E-state index in [2.05, 4.69) is 158 Å². The van der Waals surface area contributed by atoms with Crippen molar-refractivity contribution in [2.75, 3.05) is 9.80 Å². The summed E-state index contributed by atoms with van der Waals surface area (Å²) in [5.41, 5.74) is 39.3. The van der Waals surface area contributed by atoms with Crippen LogP contribution in [0.15, 0.2) is 36.4 Å².